The zero-order chi connectivity index (χ0) is 15.7. The molecule has 0 aliphatic heterocycles. The Hall–Kier alpha value is -1.66. The third-order valence-electron chi connectivity index (χ3n) is 3.59. The number of nitrogens with one attached hydrogen (secondary N) is 1. The molecule has 0 amide bonds. The summed E-state index contributed by atoms with van der Waals surface area (Å²) < 4.78 is 5.61. The number of nitrogens with zero attached hydrogens (tertiary/aromatic N) is 1. The first kappa shape index (κ1) is 15.2. The van der Waals surface area contributed by atoms with E-state index in [1.54, 1.807) is 11.3 Å². The second-order valence-electron chi connectivity index (χ2n) is 5.12. The van der Waals surface area contributed by atoms with Gasteiger partial charge in [0, 0.05) is 6.20 Å². The number of esters is 1. The van der Waals surface area contributed by atoms with Crippen molar-refractivity contribution in [2.75, 3.05) is 0 Å². The first-order chi connectivity index (χ1) is 10.6. The van der Waals surface area contributed by atoms with Crippen LogP contribution in [0.1, 0.15) is 51.8 Å². The van der Waals surface area contributed by atoms with Gasteiger partial charge < -0.3 is 9.72 Å². The van der Waals surface area contributed by atoms with E-state index in [1.807, 2.05) is 0 Å². The molecule has 5 nitrogen and oxygen atoms in total. The average molecular weight is 339 g/mol. The standard InChI is InChI=1S/C15H15ClN2O3S/c1-2-12-18-10-4-3-5-11(13(10)22-12)21-15(20)8-6-9(16)14(19)17-7-8/h6-7,11H,2-5H2,1H3,(H,17,19)/t11-/m0/s1. The predicted octanol–water partition coefficient (Wildman–Crippen LogP) is 3.28. The number of thiazole rings is 1. The Labute approximate surface area is 136 Å². The summed E-state index contributed by atoms with van der Waals surface area (Å²) in [6.45, 7) is 2.06. The first-order valence-corrected chi connectivity index (χ1v) is 8.35. The lowest BCUT2D eigenvalue weighted by molar-refractivity contribution is 0.0264. The van der Waals surface area contributed by atoms with Gasteiger partial charge in [-0.05, 0) is 31.7 Å². The molecule has 116 valence electrons. The normalized spacial score (nSPS) is 17.1. The van der Waals surface area contributed by atoms with Crippen molar-refractivity contribution in [2.24, 2.45) is 0 Å². The molecule has 1 atom stereocenters. The van der Waals surface area contributed by atoms with Gasteiger partial charge in [0.25, 0.3) is 5.56 Å². The number of carbonyl (C=O) groups is 1. The van der Waals surface area contributed by atoms with E-state index in [4.69, 9.17) is 16.3 Å². The third-order valence-corrected chi connectivity index (χ3v) is 5.20. The Bertz CT molecular complexity index is 768. The smallest absolute Gasteiger partial charge is 0.340 e. The number of carbonyl (C=O) groups excluding carboxylic acids is 1. The van der Waals surface area contributed by atoms with E-state index < -0.39 is 11.5 Å². The Morgan fingerprint density at radius 2 is 2.41 bits per heavy atom. The molecule has 7 heteroatoms. The highest BCUT2D eigenvalue weighted by atomic mass is 35.5. The zero-order valence-corrected chi connectivity index (χ0v) is 13.6. The fraction of sp³-hybridized carbons (Fsp3) is 0.400. The zero-order valence-electron chi connectivity index (χ0n) is 12.0. The van der Waals surface area contributed by atoms with Crippen molar-refractivity contribution < 1.29 is 9.53 Å². The highest BCUT2D eigenvalue weighted by molar-refractivity contribution is 7.11. The molecule has 2 heterocycles. The van der Waals surface area contributed by atoms with Crippen molar-refractivity contribution in [1.29, 1.82) is 0 Å². The quantitative estimate of drug-likeness (QED) is 0.872. The summed E-state index contributed by atoms with van der Waals surface area (Å²) in [7, 11) is 0. The van der Waals surface area contributed by atoms with Crippen LogP contribution in [0.5, 0.6) is 0 Å². The Morgan fingerprint density at radius 1 is 1.59 bits per heavy atom. The lowest BCUT2D eigenvalue weighted by Gasteiger charge is -2.21. The number of fused-ring (bicyclic) bond motifs is 1. The van der Waals surface area contributed by atoms with E-state index in [0.29, 0.717) is 0 Å². The molecule has 0 unspecified atom stereocenters. The van der Waals surface area contributed by atoms with E-state index in [1.165, 1.54) is 12.3 Å². The van der Waals surface area contributed by atoms with Gasteiger partial charge in [0.05, 0.1) is 21.1 Å². The molecule has 1 aliphatic rings. The van der Waals surface area contributed by atoms with E-state index in [0.717, 1.165) is 41.3 Å². The molecule has 2 aromatic heterocycles. The third kappa shape index (κ3) is 2.94. The number of halogens is 1. The van der Waals surface area contributed by atoms with Gasteiger partial charge in [-0.1, -0.05) is 18.5 Å². The number of ether oxygens (including phenoxy) is 1. The van der Waals surface area contributed by atoms with Crippen LogP contribution in [-0.2, 0) is 17.6 Å². The number of aromatic amines is 1. The summed E-state index contributed by atoms with van der Waals surface area (Å²) in [6, 6.07) is 1.33. The maximum atomic E-state index is 12.2. The summed E-state index contributed by atoms with van der Waals surface area (Å²) >= 11 is 7.36. The summed E-state index contributed by atoms with van der Waals surface area (Å²) in [5.74, 6) is -0.484. The van der Waals surface area contributed by atoms with Gasteiger partial charge in [0.15, 0.2) is 0 Å². The van der Waals surface area contributed by atoms with Crippen molar-refractivity contribution in [3.63, 3.8) is 0 Å². The number of H-pyrrole nitrogens is 1. The van der Waals surface area contributed by atoms with Gasteiger partial charge in [-0.3, -0.25) is 4.79 Å². The Balaban J connectivity index is 1.81. The number of hydrogen-bond donors (Lipinski definition) is 1. The van der Waals surface area contributed by atoms with Crippen LogP contribution in [0.25, 0.3) is 0 Å². The van der Waals surface area contributed by atoms with Crippen LogP contribution in [0.3, 0.4) is 0 Å². The SMILES string of the molecule is CCc1nc2c(s1)[C@@H](OC(=O)c1c[nH]c(=O)c(Cl)c1)CCC2. The number of pyridine rings is 1. The molecule has 0 saturated carbocycles. The van der Waals surface area contributed by atoms with Crippen LogP contribution in [0.2, 0.25) is 5.02 Å². The minimum Gasteiger partial charge on any atom is -0.453 e. The summed E-state index contributed by atoms with van der Waals surface area (Å²) in [6.07, 6.45) is 4.62. The summed E-state index contributed by atoms with van der Waals surface area (Å²) in [4.78, 5) is 31.5. The van der Waals surface area contributed by atoms with E-state index in [-0.39, 0.29) is 16.7 Å². The maximum absolute atomic E-state index is 12.2. The van der Waals surface area contributed by atoms with Crippen LogP contribution in [0.15, 0.2) is 17.1 Å². The van der Waals surface area contributed by atoms with Crippen LogP contribution in [-0.4, -0.2) is 15.9 Å². The number of rotatable bonds is 3. The van der Waals surface area contributed by atoms with E-state index in [2.05, 4.69) is 16.9 Å². The fourth-order valence-corrected chi connectivity index (χ4v) is 3.75. The lowest BCUT2D eigenvalue weighted by atomic mass is 10.0. The highest BCUT2D eigenvalue weighted by Crippen LogP contribution is 2.37. The molecule has 0 bridgehead atoms. The van der Waals surface area contributed by atoms with Gasteiger partial charge in [0.1, 0.15) is 11.1 Å². The maximum Gasteiger partial charge on any atom is 0.340 e. The molecule has 1 N–H and O–H groups in total. The molecule has 0 radical (unpaired) electrons. The van der Waals surface area contributed by atoms with Gasteiger partial charge in [0.2, 0.25) is 0 Å². The van der Waals surface area contributed by atoms with Gasteiger partial charge in [-0.15, -0.1) is 11.3 Å². The molecule has 0 spiro atoms. The summed E-state index contributed by atoms with van der Waals surface area (Å²) in [5.41, 5.74) is 0.871. The fourth-order valence-electron chi connectivity index (χ4n) is 2.47. The largest absolute Gasteiger partial charge is 0.453 e. The second-order valence-corrected chi connectivity index (χ2v) is 6.65. The number of aromatic nitrogens is 2. The van der Waals surface area contributed by atoms with Crippen LogP contribution in [0, 0.1) is 0 Å². The Morgan fingerprint density at radius 3 is 3.14 bits per heavy atom. The van der Waals surface area contributed by atoms with Gasteiger partial charge in [-0.25, -0.2) is 9.78 Å². The van der Waals surface area contributed by atoms with Gasteiger partial charge >= 0.3 is 5.97 Å². The first-order valence-electron chi connectivity index (χ1n) is 7.16. The average Bonchev–Trinajstić information content (AvgIpc) is 2.94. The monoisotopic (exact) mass is 338 g/mol. The van der Waals surface area contributed by atoms with Crippen molar-refractivity contribution in [2.45, 2.75) is 38.7 Å². The minimum absolute atomic E-state index is 0.0233. The number of hydrogen-bond acceptors (Lipinski definition) is 5. The van der Waals surface area contributed by atoms with Crippen LogP contribution >= 0.6 is 22.9 Å². The molecule has 0 fully saturated rings. The Kier molecular flexibility index (Phi) is 4.31. The van der Waals surface area contributed by atoms with Crippen molar-refractivity contribution in [3.05, 3.63) is 48.8 Å². The molecular weight excluding hydrogens is 324 g/mol. The van der Waals surface area contributed by atoms with Crippen molar-refractivity contribution in [1.82, 2.24) is 9.97 Å². The second kappa shape index (κ2) is 6.22. The lowest BCUT2D eigenvalue weighted by Crippen LogP contribution is -2.17. The topological polar surface area (TPSA) is 72.0 Å². The molecular formula is C15H15ClN2O3S. The number of aryl methyl sites for hydroxylation is 2. The minimum atomic E-state index is -0.484. The van der Waals surface area contributed by atoms with Crippen LogP contribution in [0.4, 0.5) is 0 Å². The molecule has 0 saturated heterocycles. The van der Waals surface area contributed by atoms with E-state index >= 15 is 0 Å². The highest BCUT2D eigenvalue weighted by Gasteiger charge is 2.28. The van der Waals surface area contributed by atoms with E-state index in [9.17, 15) is 9.59 Å². The molecule has 1 aliphatic carbocycles. The van der Waals surface area contributed by atoms with Crippen molar-refractivity contribution >= 4 is 28.9 Å². The van der Waals surface area contributed by atoms with Gasteiger partial charge in [-0.2, -0.15) is 0 Å². The molecule has 0 aromatic carbocycles. The molecule has 2 aromatic rings. The molecule has 3 rings (SSSR count). The molecule has 22 heavy (non-hydrogen) atoms. The summed E-state index contributed by atoms with van der Waals surface area (Å²) in [5, 5.41) is 1.05. The van der Waals surface area contributed by atoms with Crippen molar-refractivity contribution in [3.8, 4) is 0 Å². The van der Waals surface area contributed by atoms with Crippen LogP contribution < -0.4 is 5.56 Å². The predicted molar refractivity (Wildman–Crippen MR) is 84.7 cm³/mol.